The second-order valence-corrected chi connectivity index (χ2v) is 11.2. The molecule has 0 atom stereocenters. The maximum atomic E-state index is 13.6. The number of halogens is 1. The minimum atomic E-state index is -0.270. The summed E-state index contributed by atoms with van der Waals surface area (Å²) in [6.07, 6.45) is 17.1. The summed E-state index contributed by atoms with van der Waals surface area (Å²) in [5.74, 6) is 0.395. The van der Waals surface area contributed by atoms with Crippen molar-refractivity contribution >= 4 is 18.2 Å². The summed E-state index contributed by atoms with van der Waals surface area (Å²) in [6, 6.07) is 8.52. The van der Waals surface area contributed by atoms with Crippen LogP contribution in [0.4, 0.5) is 4.39 Å². The molecule has 1 aromatic carbocycles. The van der Waals surface area contributed by atoms with Crippen LogP contribution in [0, 0.1) is 18.7 Å². The van der Waals surface area contributed by atoms with Crippen molar-refractivity contribution in [3.63, 3.8) is 0 Å². The molecule has 44 heavy (non-hydrogen) atoms. The van der Waals surface area contributed by atoms with Crippen LogP contribution in [-0.2, 0) is 0 Å². The van der Waals surface area contributed by atoms with Gasteiger partial charge in [-0.3, -0.25) is 5.10 Å². The quantitative estimate of drug-likeness (QED) is 0.170. The Kier molecular flexibility index (Phi) is 11.1. The fraction of sp³-hybridized carbons (Fsp3) is 0.237. The standard InChI is InChI=1S/C38H44FN5/c1-8-11-34(31-13-15-32(39)16-14-31)35-24-37(42-28(35)7)38-27(6)36(43-44-38)17-12-25(4)30(9-2)23-33(10-3)41-26(5)22-29-18-20-40-21-19-29/h8-17,23-24,29,40-43H,1,3,5-6,18-22H2,2,4,7H3/b25-12+,30-9+,33-23+,34-11-,36-17+. The van der Waals surface area contributed by atoms with Gasteiger partial charge in [0, 0.05) is 27.9 Å². The summed E-state index contributed by atoms with van der Waals surface area (Å²) < 4.78 is 13.6. The molecule has 1 fully saturated rings. The zero-order chi connectivity index (χ0) is 31.6. The molecule has 1 saturated heterocycles. The van der Waals surface area contributed by atoms with E-state index in [9.17, 15) is 4.39 Å². The van der Waals surface area contributed by atoms with Crippen LogP contribution in [0.2, 0.25) is 0 Å². The van der Waals surface area contributed by atoms with Crippen LogP contribution in [0.3, 0.4) is 0 Å². The number of nitrogens with one attached hydrogen (secondary N) is 4. The molecule has 0 radical (unpaired) electrons. The maximum absolute atomic E-state index is 13.6. The maximum Gasteiger partial charge on any atom is 0.123 e. The number of benzene rings is 1. The van der Waals surface area contributed by atoms with E-state index in [2.05, 4.69) is 83.3 Å². The molecule has 3 heterocycles. The predicted octanol–water partition coefficient (Wildman–Crippen LogP) is 7.12. The van der Waals surface area contributed by atoms with Crippen LogP contribution in [-0.4, -0.2) is 28.3 Å². The van der Waals surface area contributed by atoms with E-state index in [0.29, 0.717) is 5.92 Å². The Morgan fingerprint density at radius 2 is 1.86 bits per heavy atom. The van der Waals surface area contributed by atoms with Gasteiger partial charge in [-0.05, 0) is 118 Å². The van der Waals surface area contributed by atoms with Crippen LogP contribution in [0.25, 0.3) is 29.6 Å². The molecule has 3 aromatic rings. The van der Waals surface area contributed by atoms with Gasteiger partial charge in [-0.1, -0.05) is 62.8 Å². The number of aryl methyl sites for hydroxylation is 1. The van der Waals surface area contributed by atoms with Gasteiger partial charge >= 0.3 is 0 Å². The van der Waals surface area contributed by atoms with Crippen LogP contribution in [0.15, 0.2) is 109 Å². The highest BCUT2D eigenvalue weighted by Crippen LogP contribution is 2.29. The Balaban J connectivity index is 1.54. The second kappa shape index (κ2) is 15.2. The number of aromatic nitrogens is 3. The highest BCUT2D eigenvalue weighted by atomic mass is 19.1. The van der Waals surface area contributed by atoms with Crippen molar-refractivity contribution in [2.45, 2.75) is 40.0 Å². The van der Waals surface area contributed by atoms with E-state index in [1.54, 1.807) is 18.2 Å². The second-order valence-electron chi connectivity index (χ2n) is 11.2. The topological polar surface area (TPSA) is 68.5 Å². The highest BCUT2D eigenvalue weighted by molar-refractivity contribution is 5.84. The molecule has 4 rings (SSSR count). The fourth-order valence-electron chi connectivity index (χ4n) is 5.53. The zero-order valence-corrected chi connectivity index (χ0v) is 26.2. The van der Waals surface area contributed by atoms with Crippen molar-refractivity contribution in [2.75, 3.05) is 13.1 Å². The number of hydrogen-bond acceptors (Lipinski definition) is 3. The molecule has 1 aliphatic heterocycles. The molecule has 0 unspecified atom stereocenters. The zero-order valence-electron chi connectivity index (χ0n) is 26.2. The summed E-state index contributed by atoms with van der Waals surface area (Å²) in [4.78, 5) is 3.45. The minimum Gasteiger partial charge on any atom is -0.359 e. The third kappa shape index (κ3) is 8.03. The predicted molar refractivity (Wildman–Crippen MR) is 184 cm³/mol. The number of H-pyrrole nitrogens is 2. The van der Waals surface area contributed by atoms with E-state index in [1.807, 2.05) is 32.1 Å². The molecule has 1 aliphatic rings. The Morgan fingerprint density at radius 3 is 2.52 bits per heavy atom. The van der Waals surface area contributed by atoms with E-state index in [0.717, 1.165) is 86.4 Å². The van der Waals surface area contributed by atoms with Gasteiger partial charge in [0.1, 0.15) is 11.5 Å². The van der Waals surface area contributed by atoms with E-state index in [4.69, 9.17) is 0 Å². The molecule has 0 saturated carbocycles. The Labute approximate surface area is 260 Å². The molecule has 0 spiro atoms. The molecular weight excluding hydrogens is 545 g/mol. The van der Waals surface area contributed by atoms with Gasteiger partial charge in [-0.25, -0.2) is 4.39 Å². The Morgan fingerprint density at radius 1 is 1.14 bits per heavy atom. The summed E-state index contributed by atoms with van der Waals surface area (Å²) in [7, 11) is 0. The lowest BCUT2D eigenvalue weighted by Gasteiger charge is -2.24. The number of hydrogen-bond donors (Lipinski definition) is 4. The largest absolute Gasteiger partial charge is 0.359 e. The van der Waals surface area contributed by atoms with Gasteiger partial charge in [0.25, 0.3) is 0 Å². The molecule has 0 amide bonds. The summed E-state index contributed by atoms with van der Waals surface area (Å²) in [5.41, 5.74) is 9.51. The van der Waals surface area contributed by atoms with Gasteiger partial charge in [0.05, 0.1) is 11.0 Å². The molecule has 0 aliphatic carbocycles. The molecular formula is C38H44FN5. The van der Waals surface area contributed by atoms with Crippen molar-refractivity contribution in [1.82, 2.24) is 25.8 Å². The van der Waals surface area contributed by atoms with Crippen molar-refractivity contribution < 1.29 is 4.39 Å². The summed E-state index contributed by atoms with van der Waals surface area (Å²) >= 11 is 0. The monoisotopic (exact) mass is 589 g/mol. The number of rotatable bonds is 12. The van der Waals surface area contributed by atoms with Crippen molar-refractivity contribution in [3.05, 3.63) is 142 Å². The molecule has 4 N–H and O–H groups in total. The lowest BCUT2D eigenvalue weighted by Crippen LogP contribution is -2.28. The summed E-state index contributed by atoms with van der Waals surface area (Å²) in [6.45, 7) is 24.7. The summed E-state index contributed by atoms with van der Waals surface area (Å²) in [5, 5.41) is 16.2. The Hall–Kier alpha value is -4.68. The Bertz CT molecular complexity index is 1730. The van der Waals surface area contributed by atoms with Crippen molar-refractivity contribution in [3.8, 4) is 11.4 Å². The van der Waals surface area contributed by atoms with Gasteiger partial charge < -0.3 is 15.6 Å². The smallest absolute Gasteiger partial charge is 0.123 e. The van der Waals surface area contributed by atoms with Crippen LogP contribution in [0.5, 0.6) is 0 Å². The van der Waals surface area contributed by atoms with Gasteiger partial charge in [-0.15, -0.1) is 0 Å². The highest BCUT2D eigenvalue weighted by Gasteiger charge is 2.15. The van der Waals surface area contributed by atoms with Crippen LogP contribution >= 0.6 is 0 Å². The first-order valence-corrected chi connectivity index (χ1v) is 15.1. The normalized spacial score (nSPS) is 15.9. The fourth-order valence-corrected chi connectivity index (χ4v) is 5.53. The molecule has 2 aromatic heterocycles. The SMILES string of the molecule is C=C/C=C(/c1ccc(F)cc1)c1cc(-c2n[nH]/c(=C/C=C(C)/C(/C=C(\C=C)NC(=C)CC3CCNCC3)=C/C)c2=C)[nH]c1C. The van der Waals surface area contributed by atoms with Gasteiger partial charge in [-0.2, -0.15) is 5.10 Å². The lowest BCUT2D eigenvalue weighted by molar-refractivity contribution is 0.368. The minimum absolute atomic E-state index is 0.270. The molecule has 6 heteroatoms. The average molecular weight is 590 g/mol. The number of aromatic amines is 2. The third-order valence-corrected chi connectivity index (χ3v) is 8.01. The van der Waals surface area contributed by atoms with Crippen molar-refractivity contribution in [1.29, 1.82) is 0 Å². The van der Waals surface area contributed by atoms with E-state index >= 15 is 0 Å². The van der Waals surface area contributed by atoms with Crippen LogP contribution < -0.4 is 21.2 Å². The van der Waals surface area contributed by atoms with E-state index in [-0.39, 0.29) is 5.82 Å². The van der Waals surface area contributed by atoms with Crippen molar-refractivity contribution in [2.24, 2.45) is 5.92 Å². The first kappa shape index (κ1) is 32.2. The van der Waals surface area contributed by atoms with E-state index < -0.39 is 0 Å². The third-order valence-electron chi connectivity index (χ3n) is 8.01. The average Bonchev–Trinajstić information content (AvgIpc) is 3.58. The number of allylic oxidation sites excluding steroid dienone is 9. The molecule has 5 nitrogen and oxygen atoms in total. The number of piperidine rings is 1. The van der Waals surface area contributed by atoms with Gasteiger partial charge in [0.2, 0.25) is 0 Å². The first-order chi connectivity index (χ1) is 21.2. The molecule has 0 bridgehead atoms. The number of nitrogens with zero attached hydrogens (tertiary/aromatic N) is 1. The molecule has 228 valence electrons. The lowest BCUT2D eigenvalue weighted by atomic mass is 9.93. The van der Waals surface area contributed by atoms with Crippen LogP contribution in [0.1, 0.15) is 49.9 Å². The van der Waals surface area contributed by atoms with E-state index in [1.165, 1.54) is 25.0 Å². The van der Waals surface area contributed by atoms with Gasteiger partial charge in [0.15, 0.2) is 0 Å². The first-order valence-electron chi connectivity index (χ1n) is 15.1.